The number of amidine groups is 1. The molecule has 1 heterocycles. The fourth-order valence-electron chi connectivity index (χ4n) is 1.43. The summed E-state index contributed by atoms with van der Waals surface area (Å²) in [7, 11) is 0. The first-order chi connectivity index (χ1) is 9.54. The SMILES string of the molecule is O=C1CC(C(=O)O)SC(=NN=Cc2ccc(Br)cc2)N1. The van der Waals surface area contributed by atoms with Crippen LogP contribution in [0.4, 0.5) is 0 Å². The van der Waals surface area contributed by atoms with E-state index in [0.717, 1.165) is 21.8 Å². The fourth-order valence-corrected chi connectivity index (χ4v) is 2.56. The number of benzene rings is 1. The number of hydrogen-bond donors (Lipinski definition) is 2. The first-order valence-corrected chi connectivity index (χ1v) is 7.28. The van der Waals surface area contributed by atoms with Gasteiger partial charge in [-0.1, -0.05) is 39.8 Å². The van der Waals surface area contributed by atoms with Gasteiger partial charge in [-0.15, -0.1) is 5.10 Å². The molecule has 1 aromatic rings. The molecule has 20 heavy (non-hydrogen) atoms. The zero-order valence-corrected chi connectivity index (χ0v) is 12.5. The van der Waals surface area contributed by atoms with Crippen LogP contribution >= 0.6 is 27.7 Å². The van der Waals surface area contributed by atoms with E-state index in [2.05, 4.69) is 31.4 Å². The monoisotopic (exact) mass is 355 g/mol. The number of carboxylic acid groups (broad SMARTS) is 1. The molecule has 0 radical (unpaired) electrons. The third-order valence-electron chi connectivity index (χ3n) is 2.37. The molecule has 1 aliphatic rings. The van der Waals surface area contributed by atoms with Gasteiger partial charge in [-0.25, -0.2) is 0 Å². The van der Waals surface area contributed by atoms with Crippen molar-refractivity contribution in [2.45, 2.75) is 11.7 Å². The minimum Gasteiger partial charge on any atom is -0.480 e. The van der Waals surface area contributed by atoms with E-state index < -0.39 is 11.2 Å². The predicted molar refractivity (Wildman–Crippen MR) is 80.9 cm³/mol. The first-order valence-electron chi connectivity index (χ1n) is 5.60. The molecule has 6 nitrogen and oxygen atoms in total. The van der Waals surface area contributed by atoms with E-state index in [9.17, 15) is 9.59 Å². The second kappa shape index (κ2) is 6.67. The molecule has 0 spiro atoms. The van der Waals surface area contributed by atoms with Gasteiger partial charge in [0.25, 0.3) is 0 Å². The van der Waals surface area contributed by atoms with Gasteiger partial charge in [0.2, 0.25) is 5.91 Å². The molecule has 0 saturated carbocycles. The molecular formula is C12H10BrN3O3S. The number of aliphatic carboxylic acids is 1. The molecule has 1 unspecified atom stereocenters. The number of rotatable bonds is 3. The summed E-state index contributed by atoms with van der Waals surface area (Å²) in [5.41, 5.74) is 0.847. The second-order valence-corrected chi connectivity index (χ2v) is 6.01. The maximum absolute atomic E-state index is 11.3. The molecule has 1 fully saturated rings. The van der Waals surface area contributed by atoms with Crippen molar-refractivity contribution in [1.29, 1.82) is 0 Å². The van der Waals surface area contributed by atoms with E-state index in [4.69, 9.17) is 5.11 Å². The Balaban J connectivity index is 2.04. The third-order valence-corrected chi connectivity index (χ3v) is 3.96. The highest BCUT2D eigenvalue weighted by Crippen LogP contribution is 2.20. The van der Waals surface area contributed by atoms with Crippen LogP contribution in [0.1, 0.15) is 12.0 Å². The van der Waals surface area contributed by atoms with Crippen LogP contribution < -0.4 is 5.32 Å². The lowest BCUT2D eigenvalue weighted by atomic mass is 10.2. The van der Waals surface area contributed by atoms with Crippen LogP contribution in [0, 0.1) is 0 Å². The minimum atomic E-state index is -1.03. The summed E-state index contributed by atoms with van der Waals surface area (Å²) in [5.74, 6) is -1.40. The van der Waals surface area contributed by atoms with Crippen molar-refractivity contribution in [3.8, 4) is 0 Å². The number of carboxylic acids is 1. The summed E-state index contributed by atoms with van der Waals surface area (Å²) in [6, 6.07) is 7.43. The number of nitrogens with one attached hydrogen (secondary N) is 1. The molecular weight excluding hydrogens is 346 g/mol. The largest absolute Gasteiger partial charge is 0.480 e. The number of amides is 1. The summed E-state index contributed by atoms with van der Waals surface area (Å²) in [4.78, 5) is 22.2. The van der Waals surface area contributed by atoms with Crippen LogP contribution in [0.3, 0.4) is 0 Å². The molecule has 104 valence electrons. The Morgan fingerprint density at radius 3 is 2.80 bits per heavy atom. The highest BCUT2D eigenvalue weighted by Gasteiger charge is 2.29. The van der Waals surface area contributed by atoms with Crippen molar-refractivity contribution in [3.63, 3.8) is 0 Å². The Morgan fingerprint density at radius 1 is 1.45 bits per heavy atom. The van der Waals surface area contributed by atoms with Crippen molar-refractivity contribution in [2.75, 3.05) is 0 Å². The van der Waals surface area contributed by atoms with E-state index in [1.165, 1.54) is 6.21 Å². The number of halogens is 1. The Bertz CT molecular complexity index is 586. The number of carbonyl (C=O) groups is 2. The minimum absolute atomic E-state index is 0.0601. The Morgan fingerprint density at radius 2 is 2.15 bits per heavy atom. The zero-order valence-electron chi connectivity index (χ0n) is 10.1. The molecule has 2 N–H and O–H groups in total. The molecule has 1 amide bonds. The van der Waals surface area contributed by atoms with Crippen molar-refractivity contribution >= 4 is 51.0 Å². The molecule has 1 saturated heterocycles. The standard InChI is InChI=1S/C12H10BrN3O3S/c13-8-3-1-7(2-4-8)6-14-16-12-15-10(17)5-9(20-12)11(18)19/h1-4,6,9H,5H2,(H,18,19)(H,15,16,17). The molecule has 0 bridgehead atoms. The lowest BCUT2D eigenvalue weighted by Gasteiger charge is -2.18. The normalized spacial score (nSPS) is 21.1. The second-order valence-electron chi connectivity index (χ2n) is 3.90. The van der Waals surface area contributed by atoms with Gasteiger partial charge in [0.05, 0.1) is 6.21 Å². The van der Waals surface area contributed by atoms with Gasteiger partial charge >= 0.3 is 5.97 Å². The topological polar surface area (TPSA) is 91.1 Å². The number of carbonyl (C=O) groups excluding carboxylic acids is 1. The summed E-state index contributed by atoms with van der Waals surface area (Å²) in [6.07, 6.45) is 1.46. The smallest absolute Gasteiger partial charge is 0.317 e. The molecule has 0 aliphatic carbocycles. The van der Waals surface area contributed by atoms with Gasteiger partial charge in [-0.05, 0) is 17.7 Å². The molecule has 1 aliphatic heterocycles. The first kappa shape index (κ1) is 14.7. The summed E-state index contributed by atoms with van der Waals surface area (Å²) in [5, 5.41) is 18.4. The molecule has 0 aromatic heterocycles. The van der Waals surface area contributed by atoms with Crippen molar-refractivity contribution in [1.82, 2.24) is 5.32 Å². The summed E-state index contributed by atoms with van der Waals surface area (Å²) in [6.45, 7) is 0. The number of thioether (sulfide) groups is 1. The van der Waals surface area contributed by atoms with Gasteiger partial charge in [0.15, 0.2) is 5.17 Å². The van der Waals surface area contributed by atoms with E-state index >= 15 is 0 Å². The number of hydrogen-bond acceptors (Lipinski definition) is 5. The zero-order chi connectivity index (χ0) is 14.5. The van der Waals surface area contributed by atoms with Crippen LogP contribution in [0.5, 0.6) is 0 Å². The van der Waals surface area contributed by atoms with Gasteiger partial charge in [0, 0.05) is 10.9 Å². The van der Waals surface area contributed by atoms with Crippen molar-refractivity contribution in [2.24, 2.45) is 10.2 Å². The van der Waals surface area contributed by atoms with E-state index in [1.807, 2.05) is 24.3 Å². The Hall–Kier alpha value is -1.67. The van der Waals surface area contributed by atoms with Crippen LogP contribution in [-0.4, -0.2) is 33.6 Å². The van der Waals surface area contributed by atoms with Crippen LogP contribution in [0.15, 0.2) is 38.9 Å². The van der Waals surface area contributed by atoms with Gasteiger partial charge < -0.3 is 10.4 Å². The highest BCUT2D eigenvalue weighted by molar-refractivity contribution is 9.10. The lowest BCUT2D eigenvalue weighted by molar-refractivity contribution is -0.138. The van der Waals surface area contributed by atoms with Crippen molar-refractivity contribution < 1.29 is 14.7 Å². The van der Waals surface area contributed by atoms with Crippen LogP contribution in [-0.2, 0) is 9.59 Å². The van der Waals surface area contributed by atoms with Gasteiger partial charge in [0.1, 0.15) is 5.25 Å². The number of nitrogens with zero attached hydrogens (tertiary/aromatic N) is 2. The van der Waals surface area contributed by atoms with Crippen molar-refractivity contribution in [3.05, 3.63) is 34.3 Å². The Labute approximate surface area is 127 Å². The molecule has 2 rings (SSSR count). The van der Waals surface area contributed by atoms with Crippen LogP contribution in [0.2, 0.25) is 0 Å². The third kappa shape index (κ3) is 4.17. The molecule has 1 atom stereocenters. The van der Waals surface area contributed by atoms with E-state index in [0.29, 0.717) is 0 Å². The van der Waals surface area contributed by atoms with E-state index in [1.54, 1.807) is 0 Å². The maximum Gasteiger partial charge on any atom is 0.317 e. The molecule has 8 heteroatoms. The predicted octanol–water partition coefficient (Wildman–Crippen LogP) is 1.85. The fraction of sp³-hybridized carbons (Fsp3) is 0.167. The summed E-state index contributed by atoms with van der Waals surface area (Å²) < 4.78 is 0.959. The average Bonchev–Trinajstić information content (AvgIpc) is 2.40. The van der Waals surface area contributed by atoms with E-state index in [-0.39, 0.29) is 17.5 Å². The van der Waals surface area contributed by atoms with Gasteiger partial charge in [-0.3, -0.25) is 9.59 Å². The molecule has 1 aromatic carbocycles. The Kier molecular flexibility index (Phi) is 4.91. The summed E-state index contributed by atoms with van der Waals surface area (Å²) >= 11 is 4.30. The quantitative estimate of drug-likeness (QED) is 0.639. The van der Waals surface area contributed by atoms with Crippen LogP contribution in [0.25, 0.3) is 0 Å². The maximum atomic E-state index is 11.3. The average molecular weight is 356 g/mol. The van der Waals surface area contributed by atoms with Gasteiger partial charge in [-0.2, -0.15) is 5.10 Å². The highest BCUT2D eigenvalue weighted by atomic mass is 79.9. The lowest BCUT2D eigenvalue weighted by Crippen LogP contribution is -2.40.